The van der Waals surface area contributed by atoms with Crippen LogP contribution in [0, 0.1) is 0 Å². The number of imidazole rings is 1. The fourth-order valence-electron chi connectivity index (χ4n) is 2.02. The number of ether oxygens (including phenoxy) is 1. The van der Waals surface area contributed by atoms with Gasteiger partial charge in [-0.05, 0) is 36.4 Å². The van der Waals surface area contributed by atoms with Crippen LogP contribution >= 0.6 is 11.6 Å². The van der Waals surface area contributed by atoms with Crippen molar-refractivity contribution in [1.82, 2.24) is 9.97 Å². The Labute approximate surface area is 128 Å². The highest BCUT2D eigenvalue weighted by molar-refractivity contribution is 6.31. The molecule has 1 N–H and O–H groups in total. The summed E-state index contributed by atoms with van der Waals surface area (Å²) in [5.41, 5.74) is 0.712. The van der Waals surface area contributed by atoms with Crippen molar-refractivity contribution < 1.29 is 17.9 Å². The van der Waals surface area contributed by atoms with Crippen LogP contribution in [0.25, 0.3) is 11.0 Å². The van der Waals surface area contributed by atoms with Crippen molar-refractivity contribution in [3.8, 4) is 5.75 Å². The lowest BCUT2D eigenvalue weighted by Crippen LogP contribution is -2.05. The predicted molar refractivity (Wildman–Crippen MR) is 76.9 cm³/mol. The number of hydrogen-bond acceptors (Lipinski definition) is 2. The maximum Gasteiger partial charge on any atom is 0.416 e. The van der Waals surface area contributed by atoms with Crippen LogP contribution in [0.2, 0.25) is 5.02 Å². The average molecular weight is 327 g/mol. The van der Waals surface area contributed by atoms with Gasteiger partial charge in [0.15, 0.2) is 0 Å². The molecule has 22 heavy (non-hydrogen) atoms. The summed E-state index contributed by atoms with van der Waals surface area (Å²) in [5.74, 6) is 0.642. The second-order valence-corrected chi connectivity index (χ2v) is 5.10. The summed E-state index contributed by atoms with van der Waals surface area (Å²) < 4.78 is 43.2. The number of fused-ring (bicyclic) bond motifs is 1. The lowest BCUT2D eigenvalue weighted by molar-refractivity contribution is -0.137. The van der Waals surface area contributed by atoms with Crippen LogP contribution in [-0.2, 0) is 12.8 Å². The molecule has 0 saturated carbocycles. The van der Waals surface area contributed by atoms with E-state index >= 15 is 0 Å². The molecule has 0 atom stereocenters. The molecule has 0 aliphatic carbocycles. The second-order valence-electron chi connectivity index (χ2n) is 4.66. The van der Waals surface area contributed by atoms with Gasteiger partial charge >= 0.3 is 6.18 Å². The highest BCUT2D eigenvalue weighted by atomic mass is 35.5. The van der Waals surface area contributed by atoms with Crippen LogP contribution in [0.4, 0.5) is 13.2 Å². The van der Waals surface area contributed by atoms with Crippen LogP contribution in [0.1, 0.15) is 11.4 Å². The van der Waals surface area contributed by atoms with Gasteiger partial charge in [-0.15, -0.1) is 0 Å². The number of alkyl halides is 3. The molecule has 7 heteroatoms. The van der Waals surface area contributed by atoms with E-state index in [1.807, 2.05) is 0 Å². The van der Waals surface area contributed by atoms with Gasteiger partial charge in [0, 0.05) is 5.02 Å². The molecule has 0 aliphatic heterocycles. The fourth-order valence-corrected chi connectivity index (χ4v) is 2.19. The van der Waals surface area contributed by atoms with E-state index in [0.717, 1.165) is 17.6 Å². The van der Waals surface area contributed by atoms with Crippen molar-refractivity contribution in [2.75, 3.05) is 0 Å². The smallest absolute Gasteiger partial charge is 0.416 e. The largest absolute Gasteiger partial charge is 0.486 e. The molecule has 0 spiro atoms. The number of benzene rings is 2. The summed E-state index contributed by atoms with van der Waals surface area (Å²) in [6.07, 6.45) is -4.39. The summed E-state index contributed by atoms with van der Waals surface area (Å²) in [7, 11) is 0. The quantitative estimate of drug-likeness (QED) is 0.749. The molecule has 0 bridgehead atoms. The van der Waals surface area contributed by atoms with Gasteiger partial charge in [0.05, 0.1) is 16.6 Å². The molecular weight excluding hydrogens is 317 g/mol. The van der Waals surface area contributed by atoms with Gasteiger partial charge in [0.25, 0.3) is 0 Å². The van der Waals surface area contributed by atoms with Crippen molar-refractivity contribution in [3.05, 3.63) is 58.9 Å². The van der Waals surface area contributed by atoms with Crippen molar-refractivity contribution in [2.24, 2.45) is 0 Å². The van der Waals surface area contributed by atoms with E-state index in [9.17, 15) is 13.2 Å². The number of rotatable bonds is 3. The van der Waals surface area contributed by atoms with Crippen molar-refractivity contribution in [1.29, 1.82) is 0 Å². The third kappa shape index (κ3) is 3.17. The molecule has 3 rings (SSSR count). The van der Waals surface area contributed by atoms with Crippen LogP contribution in [0.3, 0.4) is 0 Å². The maximum absolute atomic E-state index is 12.6. The first kappa shape index (κ1) is 14.7. The Hall–Kier alpha value is -2.21. The summed E-state index contributed by atoms with van der Waals surface area (Å²) in [4.78, 5) is 7.29. The Balaban J connectivity index is 1.76. The van der Waals surface area contributed by atoms with E-state index < -0.39 is 11.7 Å². The molecule has 0 radical (unpaired) electrons. The first-order chi connectivity index (χ1) is 10.4. The Kier molecular flexibility index (Phi) is 3.70. The molecule has 2 aromatic carbocycles. The predicted octanol–water partition coefficient (Wildman–Crippen LogP) is 4.81. The van der Waals surface area contributed by atoms with Crippen LogP contribution < -0.4 is 4.74 Å². The third-order valence-electron chi connectivity index (χ3n) is 3.03. The number of nitrogens with one attached hydrogen (secondary N) is 1. The van der Waals surface area contributed by atoms with E-state index in [0.29, 0.717) is 16.4 Å². The minimum Gasteiger partial charge on any atom is -0.486 e. The molecule has 0 fully saturated rings. The summed E-state index contributed by atoms with van der Waals surface area (Å²) in [6, 6.07) is 9.91. The first-order valence-electron chi connectivity index (χ1n) is 6.36. The lowest BCUT2D eigenvalue weighted by Gasteiger charge is -2.09. The molecule has 0 saturated heterocycles. The maximum atomic E-state index is 12.6. The molecule has 1 aromatic heterocycles. The number of hydrogen-bond donors (Lipinski definition) is 1. The zero-order chi connectivity index (χ0) is 15.7. The standard InChI is InChI=1S/C15H10ClF3N2O/c16-10-4-5-12-13(7-10)21-14(20-12)8-22-11-3-1-2-9(6-11)15(17,18)19/h1-7H,8H2,(H,20,21). The molecule has 3 aromatic rings. The zero-order valence-electron chi connectivity index (χ0n) is 11.1. The van der Waals surface area contributed by atoms with Gasteiger partial charge in [-0.3, -0.25) is 0 Å². The van der Waals surface area contributed by atoms with E-state index in [1.165, 1.54) is 12.1 Å². The number of H-pyrrole nitrogens is 1. The van der Waals surface area contributed by atoms with Gasteiger partial charge in [-0.25, -0.2) is 4.98 Å². The number of halogens is 4. The van der Waals surface area contributed by atoms with Gasteiger partial charge < -0.3 is 9.72 Å². The highest BCUT2D eigenvalue weighted by Crippen LogP contribution is 2.31. The van der Waals surface area contributed by atoms with Crippen molar-refractivity contribution >= 4 is 22.6 Å². The normalized spacial score (nSPS) is 11.8. The van der Waals surface area contributed by atoms with Crippen LogP contribution in [0.5, 0.6) is 5.75 Å². The Bertz CT molecular complexity index is 814. The average Bonchev–Trinajstić information content (AvgIpc) is 2.86. The van der Waals surface area contributed by atoms with Gasteiger partial charge in [-0.1, -0.05) is 17.7 Å². The molecule has 0 aliphatic rings. The van der Waals surface area contributed by atoms with Crippen LogP contribution in [-0.4, -0.2) is 9.97 Å². The summed E-state index contributed by atoms with van der Waals surface area (Å²) in [6.45, 7) is 0.0353. The van der Waals surface area contributed by atoms with Gasteiger partial charge in [0.1, 0.15) is 18.2 Å². The Morgan fingerprint density at radius 1 is 1.14 bits per heavy atom. The zero-order valence-corrected chi connectivity index (χ0v) is 11.9. The second kappa shape index (κ2) is 5.53. The van der Waals surface area contributed by atoms with E-state index in [-0.39, 0.29) is 12.4 Å². The third-order valence-corrected chi connectivity index (χ3v) is 3.26. The number of nitrogens with zero attached hydrogens (tertiary/aromatic N) is 1. The van der Waals surface area contributed by atoms with E-state index in [2.05, 4.69) is 9.97 Å². The molecular formula is C15H10ClF3N2O. The fraction of sp³-hybridized carbons (Fsp3) is 0.133. The highest BCUT2D eigenvalue weighted by Gasteiger charge is 2.30. The monoisotopic (exact) mass is 326 g/mol. The van der Waals surface area contributed by atoms with Gasteiger partial charge in [-0.2, -0.15) is 13.2 Å². The SMILES string of the molecule is FC(F)(F)c1cccc(OCc2nc3ccc(Cl)cc3[nH]2)c1. The Morgan fingerprint density at radius 2 is 1.95 bits per heavy atom. The molecule has 0 amide bonds. The van der Waals surface area contributed by atoms with Gasteiger partial charge in [0.2, 0.25) is 0 Å². The molecule has 3 nitrogen and oxygen atoms in total. The summed E-state index contributed by atoms with van der Waals surface area (Å²) >= 11 is 5.88. The van der Waals surface area contributed by atoms with Crippen molar-refractivity contribution in [3.63, 3.8) is 0 Å². The topological polar surface area (TPSA) is 37.9 Å². The molecule has 0 unspecified atom stereocenters. The lowest BCUT2D eigenvalue weighted by atomic mass is 10.2. The Morgan fingerprint density at radius 3 is 2.73 bits per heavy atom. The minimum absolute atomic E-state index is 0.0353. The molecule has 114 valence electrons. The van der Waals surface area contributed by atoms with Crippen LogP contribution in [0.15, 0.2) is 42.5 Å². The minimum atomic E-state index is -4.39. The van der Waals surface area contributed by atoms with Crippen molar-refractivity contribution in [2.45, 2.75) is 12.8 Å². The van der Waals surface area contributed by atoms with E-state index in [1.54, 1.807) is 18.2 Å². The first-order valence-corrected chi connectivity index (χ1v) is 6.74. The summed E-state index contributed by atoms with van der Waals surface area (Å²) in [5, 5.41) is 0.571. The molecule has 1 heterocycles. The van der Waals surface area contributed by atoms with E-state index in [4.69, 9.17) is 16.3 Å². The number of aromatic amines is 1. The number of aromatic nitrogens is 2.